The number of benzene rings is 1. The number of nitrogens with one attached hydrogen (secondary N) is 1. The monoisotopic (exact) mass is 324 g/mol. The van der Waals surface area contributed by atoms with Gasteiger partial charge in [0, 0.05) is 11.0 Å². The molecule has 0 bridgehead atoms. The Labute approximate surface area is 125 Å². The van der Waals surface area contributed by atoms with Crippen molar-refractivity contribution in [1.29, 1.82) is 0 Å². The molecule has 0 saturated carbocycles. The third kappa shape index (κ3) is 4.90. The number of rotatable bonds is 6. The van der Waals surface area contributed by atoms with Gasteiger partial charge in [-0.05, 0) is 82.0 Å². The van der Waals surface area contributed by atoms with Crippen LogP contribution in [0.5, 0.6) is 0 Å². The molecule has 1 aliphatic heterocycles. The Morgan fingerprint density at radius 1 is 1.37 bits per heavy atom. The van der Waals surface area contributed by atoms with Crippen molar-refractivity contribution < 1.29 is 0 Å². The van der Waals surface area contributed by atoms with Crippen molar-refractivity contribution in [2.45, 2.75) is 26.2 Å². The highest BCUT2D eigenvalue weighted by Gasteiger charge is 2.14. The van der Waals surface area contributed by atoms with Crippen LogP contribution in [0.25, 0.3) is 0 Å². The van der Waals surface area contributed by atoms with Crippen LogP contribution in [0.15, 0.2) is 22.7 Å². The standard InChI is InChI=1S/C16H25BrN2/c1-13-3-4-16(17)11-15(13)7-10-19(2)9-6-14-5-8-18-12-14/h3-4,11,14,18H,5-10,12H2,1-2H3. The molecule has 0 aromatic heterocycles. The Morgan fingerprint density at radius 2 is 2.21 bits per heavy atom. The maximum Gasteiger partial charge on any atom is 0.0178 e. The van der Waals surface area contributed by atoms with Crippen LogP contribution >= 0.6 is 15.9 Å². The minimum absolute atomic E-state index is 0.898. The van der Waals surface area contributed by atoms with Crippen LogP contribution < -0.4 is 5.32 Å². The van der Waals surface area contributed by atoms with E-state index in [0.717, 1.165) is 18.9 Å². The lowest BCUT2D eigenvalue weighted by Gasteiger charge is -2.19. The molecule has 1 N–H and O–H groups in total. The molecule has 106 valence electrons. The Balaban J connectivity index is 1.73. The van der Waals surface area contributed by atoms with Crippen LogP contribution in [0.3, 0.4) is 0 Å². The molecule has 19 heavy (non-hydrogen) atoms. The lowest BCUT2D eigenvalue weighted by atomic mass is 10.0. The van der Waals surface area contributed by atoms with Gasteiger partial charge in [0.15, 0.2) is 0 Å². The average Bonchev–Trinajstić information content (AvgIpc) is 2.90. The number of hydrogen-bond donors (Lipinski definition) is 1. The summed E-state index contributed by atoms with van der Waals surface area (Å²) >= 11 is 3.56. The number of halogens is 1. The van der Waals surface area contributed by atoms with Crippen LogP contribution in [-0.2, 0) is 6.42 Å². The van der Waals surface area contributed by atoms with E-state index in [0.29, 0.717) is 0 Å². The summed E-state index contributed by atoms with van der Waals surface area (Å²) in [5.74, 6) is 0.898. The third-order valence-electron chi connectivity index (χ3n) is 4.16. The van der Waals surface area contributed by atoms with Gasteiger partial charge >= 0.3 is 0 Å². The summed E-state index contributed by atoms with van der Waals surface area (Å²) in [5.41, 5.74) is 2.86. The van der Waals surface area contributed by atoms with Crippen molar-refractivity contribution in [1.82, 2.24) is 10.2 Å². The number of nitrogens with zero attached hydrogens (tertiary/aromatic N) is 1. The molecule has 1 atom stereocenters. The van der Waals surface area contributed by atoms with E-state index in [1.807, 2.05) is 0 Å². The minimum Gasteiger partial charge on any atom is -0.316 e. The minimum atomic E-state index is 0.898. The molecule has 0 spiro atoms. The van der Waals surface area contributed by atoms with Gasteiger partial charge in [0.05, 0.1) is 0 Å². The zero-order valence-electron chi connectivity index (χ0n) is 12.1. The molecule has 2 rings (SSSR count). The zero-order chi connectivity index (χ0) is 13.7. The average molecular weight is 325 g/mol. The van der Waals surface area contributed by atoms with Crippen molar-refractivity contribution >= 4 is 15.9 Å². The Kier molecular flexibility index (Phi) is 5.86. The van der Waals surface area contributed by atoms with Crippen LogP contribution in [-0.4, -0.2) is 38.1 Å². The summed E-state index contributed by atoms with van der Waals surface area (Å²) in [6.07, 6.45) is 3.84. The second-order valence-corrected chi connectivity index (χ2v) is 6.69. The highest BCUT2D eigenvalue weighted by molar-refractivity contribution is 9.10. The van der Waals surface area contributed by atoms with Crippen molar-refractivity contribution in [2.24, 2.45) is 5.92 Å². The molecule has 1 saturated heterocycles. The SMILES string of the molecule is Cc1ccc(Br)cc1CCN(C)CCC1CCNC1. The number of likely N-dealkylation sites (N-methyl/N-ethyl adjacent to an activating group) is 1. The summed E-state index contributed by atoms with van der Waals surface area (Å²) in [6, 6.07) is 6.57. The van der Waals surface area contributed by atoms with Crippen LogP contribution in [0.4, 0.5) is 0 Å². The largest absolute Gasteiger partial charge is 0.316 e. The first-order valence-corrected chi connectivity index (χ1v) is 8.09. The van der Waals surface area contributed by atoms with Gasteiger partial charge in [-0.25, -0.2) is 0 Å². The first kappa shape index (κ1) is 15.0. The molecule has 1 aromatic rings. The van der Waals surface area contributed by atoms with E-state index in [1.165, 1.54) is 48.1 Å². The molecule has 1 heterocycles. The Morgan fingerprint density at radius 3 is 2.95 bits per heavy atom. The number of aryl methyl sites for hydroxylation is 1. The van der Waals surface area contributed by atoms with Crippen molar-refractivity contribution in [3.05, 3.63) is 33.8 Å². The molecule has 1 aliphatic rings. The number of hydrogen-bond acceptors (Lipinski definition) is 2. The van der Waals surface area contributed by atoms with Gasteiger partial charge < -0.3 is 10.2 Å². The van der Waals surface area contributed by atoms with Crippen LogP contribution in [0.1, 0.15) is 24.0 Å². The summed E-state index contributed by atoms with van der Waals surface area (Å²) in [7, 11) is 2.25. The summed E-state index contributed by atoms with van der Waals surface area (Å²) in [6.45, 7) is 7.01. The predicted molar refractivity (Wildman–Crippen MR) is 85.7 cm³/mol. The molecule has 1 fully saturated rings. The van der Waals surface area contributed by atoms with Gasteiger partial charge in [0.25, 0.3) is 0 Å². The van der Waals surface area contributed by atoms with Crippen molar-refractivity contribution in [3.8, 4) is 0 Å². The molecule has 0 amide bonds. The van der Waals surface area contributed by atoms with Crippen molar-refractivity contribution in [2.75, 3.05) is 33.2 Å². The molecule has 0 radical (unpaired) electrons. The second kappa shape index (κ2) is 7.41. The van der Waals surface area contributed by atoms with E-state index >= 15 is 0 Å². The quantitative estimate of drug-likeness (QED) is 0.864. The highest BCUT2D eigenvalue weighted by atomic mass is 79.9. The van der Waals surface area contributed by atoms with E-state index in [9.17, 15) is 0 Å². The van der Waals surface area contributed by atoms with Crippen molar-refractivity contribution in [3.63, 3.8) is 0 Å². The fraction of sp³-hybridized carbons (Fsp3) is 0.625. The normalized spacial score (nSPS) is 19.3. The molecule has 2 nitrogen and oxygen atoms in total. The Bertz CT molecular complexity index is 400. The maximum atomic E-state index is 3.56. The van der Waals surface area contributed by atoms with E-state index in [2.05, 4.69) is 58.3 Å². The van der Waals surface area contributed by atoms with Gasteiger partial charge in [-0.15, -0.1) is 0 Å². The molecule has 1 unspecified atom stereocenters. The topological polar surface area (TPSA) is 15.3 Å². The second-order valence-electron chi connectivity index (χ2n) is 5.77. The molecule has 3 heteroatoms. The van der Waals surface area contributed by atoms with Gasteiger partial charge in [-0.2, -0.15) is 0 Å². The van der Waals surface area contributed by atoms with Gasteiger partial charge in [0.2, 0.25) is 0 Å². The summed E-state index contributed by atoms with van der Waals surface area (Å²) in [4.78, 5) is 2.47. The molecular weight excluding hydrogens is 300 g/mol. The fourth-order valence-electron chi connectivity index (χ4n) is 2.70. The lowest BCUT2D eigenvalue weighted by Crippen LogP contribution is -2.25. The molecule has 1 aromatic carbocycles. The van der Waals surface area contributed by atoms with Gasteiger partial charge in [0.1, 0.15) is 0 Å². The highest BCUT2D eigenvalue weighted by Crippen LogP contribution is 2.17. The van der Waals surface area contributed by atoms with Gasteiger partial charge in [-0.3, -0.25) is 0 Å². The molecule has 0 aliphatic carbocycles. The summed E-state index contributed by atoms with van der Waals surface area (Å²) in [5, 5.41) is 3.44. The smallest absolute Gasteiger partial charge is 0.0178 e. The fourth-order valence-corrected chi connectivity index (χ4v) is 3.10. The maximum absolute atomic E-state index is 3.56. The summed E-state index contributed by atoms with van der Waals surface area (Å²) < 4.78 is 1.19. The predicted octanol–water partition coefficient (Wildman–Crippen LogP) is 3.23. The van der Waals surface area contributed by atoms with Crippen LogP contribution in [0.2, 0.25) is 0 Å². The van der Waals surface area contributed by atoms with E-state index in [1.54, 1.807) is 0 Å². The van der Waals surface area contributed by atoms with Gasteiger partial charge in [-0.1, -0.05) is 22.0 Å². The third-order valence-corrected chi connectivity index (χ3v) is 4.65. The Hall–Kier alpha value is -0.380. The van der Waals surface area contributed by atoms with Crippen LogP contribution in [0, 0.1) is 12.8 Å². The zero-order valence-corrected chi connectivity index (χ0v) is 13.7. The lowest BCUT2D eigenvalue weighted by molar-refractivity contribution is 0.308. The first-order valence-electron chi connectivity index (χ1n) is 7.29. The first-order chi connectivity index (χ1) is 9.15. The van der Waals surface area contributed by atoms with E-state index in [-0.39, 0.29) is 0 Å². The van der Waals surface area contributed by atoms with E-state index in [4.69, 9.17) is 0 Å². The molecular formula is C16H25BrN2. The van der Waals surface area contributed by atoms with E-state index < -0.39 is 0 Å².